The minimum Gasteiger partial charge on any atom is -0.462 e. The molecule has 0 aliphatic heterocycles. The molecule has 0 amide bonds. The van der Waals surface area contributed by atoms with Gasteiger partial charge >= 0.3 is 11.9 Å². The molecule has 5 heteroatoms. The zero-order valence-electron chi connectivity index (χ0n) is 34.1. The maximum atomic E-state index is 12.7. The molecule has 0 heterocycles. The summed E-state index contributed by atoms with van der Waals surface area (Å²) in [5.74, 6) is -0.284. The first-order chi connectivity index (χ1) is 23.8. The SMILES string of the molecule is CCCCCCCCCCCCCCCCCC(=O)OCC(CCC[N+](C)(C)C)OC(=O)CCCCCCCCCCCCCCCCC. The number of nitrogens with zero attached hydrogens (tertiary/aromatic N) is 1. The van der Waals surface area contributed by atoms with Crippen molar-refractivity contribution in [1.29, 1.82) is 0 Å². The Morgan fingerprint density at radius 3 is 1.06 bits per heavy atom. The Labute approximate surface area is 307 Å². The average Bonchev–Trinajstić information content (AvgIpc) is 3.06. The van der Waals surface area contributed by atoms with E-state index in [4.69, 9.17) is 9.47 Å². The molecule has 49 heavy (non-hydrogen) atoms. The van der Waals surface area contributed by atoms with Gasteiger partial charge in [0.15, 0.2) is 0 Å². The Morgan fingerprint density at radius 2 is 0.735 bits per heavy atom. The number of ether oxygens (including phenoxy) is 2. The summed E-state index contributed by atoms with van der Waals surface area (Å²) in [5, 5.41) is 0. The Hall–Kier alpha value is -1.10. The lowest BCUT2D eigenvalue weighted by atomic mass is 10.0. The van der Waals surface area contributed by atoms with Crippen LogP contribution in [0.4, 0.5) is 0 Å². The van der Waals surface area contributed by atoms with Crippen LogP contribution in [0.15, 0.2) is 0 Å². The van der Waals surface area contributed by atoms with Gasteiger partial charge in [-0.3, -0.25) is 9.59 Å². The first-order valence-electron chi connectivity index (χ1n) is 21.9. The molecule has 0 aromatic heterocycles. The van der Waals surface area contributed by atoms with E-state index in [1.165, 1.54) is 167 Å². The van der Waals surface area contributed by atoms with Crippen LogP contribution in [0.1, 0.15) is 232 Å². The van der Waals surface area contributed by atoms with Gasteiger partial charge in [0.25, 0.3) is 0 Å². The highest BCUT2D eigenvalue weighted by Gasteiger charge is 2.19. The van der Waals surface area contributed by atoms with Gasteiger partial charge in [0.1, 0.15) is 12.7 Å². The molecule has 0 saturated carbocycles. The quantitative estimate of drug-likeness (QED) is 0.0365. The van der Waals surface area contributed by atoms with Crippen LogP contribution < -0.4 is 0 Å². The molecule has 0 saturated heterocycles. The van der Waals surface area contributed by atoms with Crippen molar-refractivity contribution in [3.05, 3.63) is 0 Å². The van der Waals surface area contributed by atoms with Gasteiger partial charge in [-0.05, 0) is 19.3 Å². The van der Waals surface area contributed by atoms with Crippen LogP contribution in [0.2, 0.25) is 0 Å². The molecule has 0 spiro atoms. The second-order valence-corrected chi connectivity index (χ2v) is 16.4. The van der Waals surface area contributed by atoms with E-state index in [-0.39, 0.29) is 24.6 Å². The molecule has 0 aromatic carbocycles. The van der Waals surface area contributed by atoms with Gasteiger partial charge in [0.2, 0.25) is 0 Å². The molecule has 0 bridgehead atoms. The number of quaternary nitrogens is 1. The van der Waals surface area contributed by atoms with Crippen LogP contribution in [0, 0.1) is 0 Å². The van der Waals surface area contributed by atoms with E-state index in [2.05, 4.69) is 35.0 Å². The molecular formula is C44H88NO4+. The average molecular weight is 695 g/mol. The van der Waals surface area contributed by atoms with Crippen LogP contribution in [0.25, 0.3) is 0 Å². The summed E-state index contributed by atoms with van der Waals surface area (Å²) in [5.41, 5.74) is 0. The monoisotopic (exact) mass is 695 g/mol. The van der Waals surface area contributed by atoms with Crippen molar-refractivity contribution >= 4 is 11.9 Å². The largest absolute Gasteiger partial charge is 0.462 e. The third-order valence-corrected chi connectivity index (χ3v) is 10.1. The van der Waals surface area contributed by atoms with Crippen molar-refractivity contribution in [2.45, 2.75) is 238 Å². The normalized spacial score (nSPS) is 12.3. The van der Waals surface area contributed by atoms with Crippen molar-refractivity contribution in [2.75, 3.05) is 34.3 Å². The first kappa shape index (κ1) is 47.9. The molecule has 0 fully saturated rings. The Balaban J connectivity index is 3.94. The maximum absolute atomic E-state index is 12.7. The molecule has 0 aliphatic rings. The lowest BCUT2D eigenvalue weighted by molar-refractivity contribution is -0.870. The highest BCUT2D eigenvalue weighted by atomic mass is 16.6. The van der Waals surface area contributed by atoms with E-state index in [1.807, 2.05) is 0 Å². The van der Waals surface area contributed by atoms with Crippen LogP contribution >= 0.6 is 0 Å². The van der Waals surface area contributed by atoms with Gasteiger partial charge < -0.3 is 14.0 Å². The standard InChI is InChI=1S/C44H88NO4/c1-6-8-10-12-14-16-18-20-22-24-26-28-30-32-34-38-43(46)48-41-42(37-36-40-45(3,4)5)49-44(47)39-35-33-31-29-27-25-23-21-19-17-15-13-11-9-7-2/h42H,6-41H2,1-5H3/q+1. The maximum Gasteiger partial charge on any atom is 0.306 e. The molecule has 0 aliphatic carbocycles. The highest BCUT2D eigenvalue weighted by Crippen LogP contribution is 2.16. The summed E-state index contributed by atoms with van der Waals surface area (Å²) in [4.78, 5) is 25.1. The molecular weight excluding hydrogens is 606 g/mol. The molecule has 292 valence electrons. The van der Waals surface area contributed by atoms with Gasteiger partial charge in [-0.1, -0.05) is 194 Å². The van der Waals surface area contributed by atoms with Crippen molar-refractivity contribution in [3.8, 4) is 0 Å². The van der Waals surface area contributed by atoms with Crippen molar-refractivity contribution in [1.82, 2.24) is 0 Å². The molecule has 5 nitrogen and oxygen atoms in total. The van der Waals surface area contributed by atoms with Crippen LogP contribution in [0.3, 0.4) is 0 Å². The fraction of sp³-hybridized carbons (Fsp3) is 0.955. The van der Waals surface area contributed by atoms with Gasteiger partial charge in [0.05, 0.1) is 27.7 Å². The number of unbranched alkanes of at least 4 members (excludes halogenated alkanes) is 28. The van der Waals surface area contributed by atoms with E-state index in [9.17, 15) is 9.59 Å². The second kappa shape index (κ2) is 36.7. The number of carbonyl (C=O) groups excluding carboxylic acids is 2. The zero-order chi connectivity index (χ0) is 36.1. The summed E-state index contributed by atoms with van der Waals surface area (Å²) >= 11 is 0. The lowest BCUT2D eigenvalue weighted by Crippen LogP contribution is -2.36. The molecule has 0 N–H and O–H groups in total. The molecule has 1 atom stereocenters. The summed E-state index contributed by atoms with van der Waals surface area (Å²) in [6.07, 6.45) is 41.7. The smallest absolute Gasteiger partial charge is 0.306 e. The number of hydrogen-bond donors (Lipinski definition) is 0. The van der Waals surface area contributed by atoms with Crippen molar-refractivity contribution < 1.29 is 23.5 Å². The van der Waals surface area contributed by atoms with Crippen molar-refractivity contribution in [2.24, 2.45) is 0 Å². The summed E-state index contributed by atoms with van der Waals surface area (Å²) < 4.78 is 12.3. The number of esters is 2. The van der Waals surface area contributed by atoms with Crippen LogP contribution in [0.5, 0.6) is 0 Å². The molecule has 0 aromatic rings. The third kappa shape index (κ3) is 39.5. The molecule has 1 unspecified atom stereocenters. The van der Waals surface area contributed by atoms with E-state index < -0.39 is 0 Å². The van der Waals surface area contributed by atoms with Crippen LogP contribution in [-0.2, 0) is 19.1 Å². The third-order valence-electron chi connectivity index (χ3n) is 10.1. The van der Waals surface area contributed by atoms with Crippen LogP contribution in [-0.4, -0.2) is 56.8 Å². The first-order valence-corrected chi connectivity index (χ1v) is 21.9. The predicted octanol–water partition coefficient (Wildman–Crippen LogP) is 13.5. The van der Waals surface area contributed by atoms with E-state index in [1.54, 1.807) is 0 Å². The Kier molecular flexibility index (Phi) is 35.9. The van der Waals surface area contributed by atoms with Gasteiger partial charge in [0, 0.05) is 19.3 Å². The number of carbonyl (C=O) groups is 2. The molecule has 0 radical (unpaired) electrons. The topological polar surface area (TPSA) is 52.6 Å². The summed E-state index contributed by atoms with van der Waals surface area (Å²) in [7, 11) is 6.53. The Bertz CT molecular complexity index is 704. The Morgan fingerprint density at radius 1 is 0.429 bits per heavy atom. The van der Waals surface area contributed by atoms with Gasteiger partial charge in [-0.2, -0.15) is 0 Å². The highest BCUT2D eigenvalue weighted by molar-refractivity contribution is 5.70. The van der Waals surface area contributed by atoms with Gasteiger partial charge in [-0.25, -0.2) is 0 Å². The van der Waals surface area contributed by atoms with Gasteiger partial charge in [-0.15, -0.1) is 0 Å². The summed E-state index contributed by atoms with van der Waals surface area (Å²) in [6, 6.07) is 0. The number of rotatable bonds is 39. The van der Waals surface area contributed by atoms with E-state index in [0.29, 0.717) is 12.8 Å². The fourth-order valence-electron chi connectivity index (χ4n) is 6.75. The minimum atomic E-state index is -0.333. The zero-order valence-corrected chi connectivity index (χ0v) is 34.1. The molecule has 0 rings (SSSR count). The minimum absolute atomic E-state index is 0.136. The van der Waals surface area contributed by atoms with E-state index in [0.717, 1.165) is 49.6 Å². The van der Waals surface area contributed by atoms with Crippen molar-refractivity contribution in [3.63, 3.8) is 0 Å². The predicted molar refractivity (Wildman–Crippen MR) is 212 cm³/mol. The fourth-order valence-corrected chi connectivity index (χ4v) is 6.75. The number of hydrogen-bond acceptors (Lipinski definition) is 4. The lowest BCUT2D eigenvalue weighted by Gasteiger charge is -2.25. The van der Waals surface area contributed by atoms with E-state index >= 15 is 0 Å². The second-order valence-electron chi connectivity index (χ2n) is 16.4. The summed E-state index contributed by atoms with van der Waals surface area (Å²) in [6.45, 7) is 5.76.